The van der Waals surface area contributed by atoms with Crippen LogP contribution in [-0.4, -0.2) is 11.6 Å². The zero-order valence-corrected chi connectivity index (χ0v) is 14.7. The first kappa shape index (κ1) is 15.4. The topological polar surface area (TPSA) is 22.1 Å². The van der Waals surface area contributed by atoms with Crippen molar-refractivity contribution in [3.8, 4) is 5.75 Å². The molecule has 0 bridgehead atoms. The lowest BCUT2D eigenvalue weighted by Gasteiger charge is -2.18. The molecule has 0 unspecified atom stereocenters. The number of pyridine rings is 1. The Morgan fingerprint density at radius 2 is 2.11 bits per heavy atom. The van der Waals surface area contributed by atoms with Gasteiger partial charge in [0.15, 0.2) is 10.9 Å². The lowest BCUT2D eigenvalue weighted by atomic mass is 9.89. The van der Waals surface area contributed by atoms with E-state index in [4.69, 9.17) is 16.3 Å². The summed E-state index contributed by atoms with van der Waals surface area (Å²) in [5.41, 5.74) is 1.57. The quantitative estimate of drug-likeness (QED) is 0.512. The highest BCUT2D eigenvalue weighted by Crippen LogP contribution is 2.33. The Kier molecular flexibility index (Phi) is 4.99. The normalized spacial score (nSPS) is 15.6. The SMILES string of the molecule is CC(C)(C)CCc1cc(OCC2CC2)c(Cl)nc1I. The molecule has 1 saturated carbocycles. The minimum atomic E-state index is 0.331. The molecule has 1 aliphatic carbocycles. The van der Waals surface area contributed by atoms with Crippen molar-refractivity contribution in [2.75, 3.05) is 6.61 Å². The zero-order chi connectivity index (χ0) is 14.0. The predicted octanol–water partition coefficient (Wildman–Crippen LogP) is 5.11. The van der Waals surface area contributed by atoms with Gasteiger partial charge in [0.05, 0.1) is 6.61 Å². The fourth-order valence-corrected chi connectivity index (χ4v) is 2.77. The van der Waals surface area contributed by atoms with Gasteiger partial charge in [0.1, 0.15) is 3.70 Å². The summed E-state index contributed by atoms with van der Waals surface area (Å²) in [5, 5.41) is 0.490. The van der Waals surface area contributed by atoms with Gasteiger partial charge in [-0.1, -0.05) is 32.4 Å². The van der Waals surface area contributed by atoms with Crippen LogP contribution in [0.4, 0.5) is 0 Å². The number of hydrogen-bond donors (Lipinski definition) is 0. The van der Waals surface area contributed by atoms with Gasteiger partial charge in [0, 0.05) is 0 Å². The highest BCUT2D eigenvalue weighted by molar-refractivity contribution is 14.1. The number of nitrogens with zero attached hydrogens (tertiary/aromatic N) is 1. The molecule has 0 aliphatic heterocycles. The lowest BCUT2D eigenvalue weighted by molar-refractivity contribution is 0.298. The third-order valence-electron chi connectivity index (χ3n) is 3.29. The number of aromatic nitrogens is 1. The van der Waals surface area contributed by atoms with Crippen LogP contribution < -0.4 is 4.74 Å². The molecule has 2 rings (SSSR count). The standard InChI is InChI=1S/C15H21ClINO/c1-15(2,3)7-6-11-8-12(13(16)18-14(11)17)19-9-10-4-5-10/h8,10H,4-7,9H2,1-3H3. The Balaban J connectivity index is 2.06. The van der Waals surface area contributed by atoms with Gasteiger partial charge in [-0.3, -0.25) is 0 Å². The average Bonchev–Trinajstić information content (AvgIpc) is 3.09. The molecule has 0 N–H and O–H groups in total. The minimum absolute atomic E-state index is 0.331. The predicted molar refractivity (Wildman–Crippen MR) is 88.0 cm³/mol. The van der Waals surface area contributed by atoms with Gasteiger partial charge in [-0.25, -0.2) is 4.98 Å². The molecule has 1 heterocycles. The van der Waals surface area contributed by atoms with Gasteiger partial charge in [-0.05, 0) is 71.2 Å². The number of rotatable bonds is 5. The van der Waals surface area contributed by atoms with Crippen molar-refractivity contribution in [1.82, 2.24) is 4.98 Å². The molecule has 4 heteroatoms. The van der Waals surface area contributed by atoms with Crippen molar-refractivity contribution in [3.05, 3.63) is 20.5 Å². The maximum absolute atomic E-state index is 6.15. The highest BCUT2D eigenvalue weighted by atomic mass is 127. The van der Waals surface area contributed by atoms with Crippen molar-refractivity contribution in [2.24, 2.45) is 11.3 Å². The van der Waals surface area contributed by atoms with E-state index in [0.717, 1.165) is 34.8 Å². The summed E-state index contributed by atoms with van der Waals surface area (Å²) < 4.78 is 6.78. The summed E-state index contributed by atoms with van der Waals surface area (Å²) in [6.07, 6.45) is 4.72. The smallest absolute Gasteiger partial charge is 0.172 e. The molecule has 0 atom stereocenters. The van der Waals surface area contributed by atoms with Gasteiger partial charge < -0.3 is 4.74 Å². The van der Waals surface area contributed by atoms with E-state index >= 15 is 0 Å². The Morgan fingerprint density at radius 3 is 2.68 bits per heavy atom. The van der Waals surface area contributed by atoms with E-state index < -0.39 is 0 Å². The van der Waals surface area contributed by atoms with Crippen molar-refractivity contribution in [1.29, 1.82) is 0 Å². The van der Waals surface area contributed by atoms with E-state index in [0.29, 0.717) is 10.6 Å². The van der Waals surface area contributed by atoms with E-state index in [-0.39, 0.29) is 0 Å². The summed E-state index contributed by atoms with van der Waals surface area (Å²) >= 11 is 8.41. The zero-order valence-electron chi connectivity index (χ0n) is 11.8. The van der Waals surface area contributed by atoms with E-state index in [1.165, 1.54) is 18.4 Å². The molecule has 0 saturated heterocycles. The van der Waals surface area contributed by atoms with Crippen molar-refractivity contribution in [3.63, 3.8) is 0 Å². The third-order valence-corrected chi connectivity index (χ3v) is 4.49. The lowest BCUT2D eigenvalue weighted by Crippen LogP contribution is -2.08. The first-order valence-electron chi connectivity index (χ1n) is 6.83. The van der Waals surface area contributed by atoms with Crippen LogP contribution >= 0.6 is 34.2 Å². The second-order valence-electron chi connectivity index (χ2n) is 6.54. The maximum atomic E-state index is 6.15. The molecule has 0 amide bonds. The van der Waals surface area contributed by atoms with Crippen LogP contribution in [0.15, 0.2) is 6.07 Å². The second-order valence-corrected chi connectivity index (χ2v) is 7.92. The summed E-state index contributed by atoms with van der Waals surface area (Å²) in [6.45, 7) is 7.55. The van der Waals surface area contributed by atoms with Gasteiger partial charge >= 0.3 is 0 Å². The van der Waals surface area contributed by atoms with Crippen molar-refractivity contribution < 1.29 is 4.74 Å². The van der Waals surface area contributed by atoms with E-state index in [9.17, 15) is 0 Å². The van der Waals surface area contributed by atoms with E-state index in [2.05, 4.69) is 54.4 Å². The molecule has 0 aromatic carbocycles. The summed E-state index contributed by atoms with van der Waals surface area (Å²) in [6, 6.07) is 2.07. The molecule has 0 spiro atoms. The van der Waals surface area contributed by atoms with Crippen LogP contribution in [-0.2, 0) is 6.42 Å². The fraction of sp³-hybridized carbons (Fsp3) is 0.667. The molecule has 1 aromatic heterocycles. The monoisotopic (exact) mass is 393 g/mol. The average molecular weight is 394 g/mol. The largest absolute Gasteiger partial charge is 0.490 e. The molecule has 106 valence electrons. The Labute approximate surface area is 134 Å². The summed E-state index contributed by atoms with van der Waals surface area (Å²) in [4.78, 5) is 4.40. The van der Waals surface area contributed by atoms with Crippen LogP contribution in [0.25, 0.3) is 0 Å². The Morgan fingerprint density at radius 1 is 1.42 bits per heavy atom. The van der Waals surface area contributed by atoms with Crippen molar-refractivity contribution >= 4 is 34.2 Å². The molecular weight excluding hydrogens is 373 g/mol. The van der Waals surface area contributed by atoms with Crippen LogP contribution in [0.3, 0.4) is 0 Å². The van der Waals surface area contributed by atoms with Gasteiger partial charge in [-0.15, -0.1) is 0 Å². The Bertz CT molecular complexity index is 452. The maximum Gasteiger partial charge on any atom is 0.172 e. The third kappa shape index (κ3) is 5.10. The van der Waals surface area contributed by atoms with Gasteiger partial charge in [0.25, 0.3) is 0 Å². The van der Waals surface area contributed by atoms with Crippen LogP contribution in [0.2, 0.25) is 5.15 Å². The van der Waals surface area contributed by atoms with E-state index in [1.54, 1.807) is 0 Å². The molecule has 19 heavy (non-hydrogen) atoms. The number of hydrogen-bond acceptors (Lipinski definition) is 2. The molecule has 1 fully saturated rings. The minimum Gasteiger partial charge on any atom is -0.490 e. The molecule has 1 aromatic rings. The number of halogens is 2. The molecular formula is C15H21ClINO. The Hall–Kier alpha value is -0.0300. The fourth-order valence-electron chi connectivity index (χ4n) is 1.77. The van der Waals surface area contributed by atoms with E-state index in [1.807, 2.05) is 0 Å². The number of ether oxygens (including phenoxy) is 1. The van der Waals surface area contributed by atoms with Crippen LogP contribution in [0, 0.1) is 15.0 Å². The van der Waals surface area contributed by atoms with Crippen LogP contribution in [0.1, 0.15) is 45.6 Å². The van der Waals surface area contributed by atoms with Crippen molar-refractivity contribution in [2.45, 2.75) is 46.5 Å². The molecule has 2 nitrogen and oxygen atoms in total. The number of aryl methyl sites for hydroxylation is 1. The first-order chi connectivity index (χ1) is 8.85. The first-order valence-corrected chi connectivity index (χ1v) is 8.28. The summed E-state index contributed by atoms with van der Waals surface area (Å²) in [5.74, 6) is 1.48. The summed E-state index contributed by atoms with van der Waals surface area (Å²) in [7, 11) is 0. The van der Waals surface area contributed by atoms with Crippen LogP contribution in [0.5, 0.6) is 5.75 Å². The van der Waals surface area contributed by atoms with Gasteiger partial charge in [-0.2, -0.15) is 0 Å². The second kappa shape index (κ2) is 6.17. The highest BCUT2D eigenvalue weighted by Gasteiger charge is 2.23. The van der Waals surface area contributed by atoms with Gasteiger partial charge in [0.2, 0.25) is 0 Å². The molecule has 1 aliphatic rings. The molecule has 0 radical (unpaired) electrons.